The number of hydrogen-bond donors (Lipinski definition) is 2. The van der Waals surface area contributed by atoms with Gasteiger partial charge in [0.25, 0.3) is 0 Å². The topological polar surface area (TPSA) is 54.7 Å². The molecular formula is C18H29N3. The van der Waals surface area contributed by atoms with Crippen LogP contribution in [0.3, 0.4) is 0 Å². The molecule has 4 saturated carbocycles. The molecule has 1 heterocycles. The van der Waals surface area contributed by atoms with Crippen LogP contribution in [-0.4, -0.2) is 10.2 Å². The van der Waals surface area contributed by atoms with Crippen LogP contribution in [0.4, 0.5) is 5.82 Å². The van der Waals surface area contributed by atoms with Gasteiger partial charge in [0, 0.05) is 11.3 Å². The number of anilines is 1. The third kappa shape index (κ3) is 2.39. The van der Waals surface area contributed by atoms with Crippen LogP contribution < -0.4 is 5.73 Å². The standard InChI is InChI=1S/C18H29N3/c1-11(2)3-15-16(20-21-17(15)19)10-18-7-12-4-13(8-18)6-14(5-12)9-18/h11-14H,3-10H2,1-2H3,(H3,19,20,21). The molecule has 3 heteroatoms. The first kappa shape index (κ1) is 13.7. The zero-order valence-corrected chi connectivity index (χ0v) is 13.5. The molecule has 0 unspecified atom stereocenters. The molecule has 0 amide bonds. The number of hydrogen-bond acceptors (Lipinski definition) is 2. The van der Waals surface area contributed by atoms with Crippen LogP contribution in [0.15, 0.2) is 0 Å². The Hall–Kier alpha value is -0.990. The first-order chi connectivity index (χ1) is 10.0. The number of rotatable bonds is 4. The molecule has 4 fully saturated rings. The third-order valence-electron chi connectivity index (χ3n) is 6.31. The van der Waals surface area contributed by atoms with Gasteiger partial charge in [0.05, 0.1) is 0 Å². The van der Waals surface area contributed by atoms with E-state index in [-0.39, 0.29) is 0 Å². The summed E-state index contributed by atoms with van der Waals surface area (Å²) >= 11 is 0. The number of nitrogens with two attached hydrogens (primary N) is 1. The van der Waals surface area contributed by atoms with E-state index in [1.165, 1.54) is 56.2 Å². The van der Waals surface area contributed by atoms with Crippen LogP contribution in [0.5, 0.6) is 0 Å². The smallest absolute Gasteiger partial charge is 0.148 e. The molecule has 4 aliphatic carbocycles. The molecule has 3 N–H and O–H groups in total. The van der Waals surface area contributed by atoms with E-state index < -0.39 is 0 Å². The van der Waals surface area contributed by atoms with E-state index in [1.54, 1.807) is 0 Å². The minimum atomic E-state index is 0.569. The molecule has 0 saturated heterocycles. The second-order valence-corrected chi connectivity index (χ2v) is 8.76. The molecule has 0 spiro atoms. The fraction of sp³-hybridized carbons (Fsp3) is 0.833. The van der Waals surface area contributed by atoms with Gasteiger partial charge in [0.2, 0.25) is 0 Å². The second kappa shape index (κ2) is 4.76. The van der Waals surface area contributed by atoms with E-state index in [4.69, 9.17) is 5.73 Å². The molecule has 3 nitrogen and oxygen atoms in total. The lowest BCUT2D eigenvalue weighted by Crippen LogP contribution is -2.47. The summed E-state index contributed by atoms with van der Waals surface area (Å²) in [5, 5.41) is 7.60. The zero-order valence-electron chi connectivity index (χ0n) is 13.5. The predicted octanol–water partition coefficient (Wildman–Crippen LogP) is 3.95. The molecule has 4 aliphatic rings. The second-order valence-electron chi connectivity index (χ2n) is 8.76. The first-order valence-corrected chi connectivity index (χ1v) is 8.84. The molecule has 116 valence electrons. The van der Waals surface area contributed by atoms with Gasteiger partial charge in [-0.3, -0.25) is 5.10 Å². The van der Waals surface area contributed by atoms with Crippen molar-refractivity contribution in [2.24, 2.45) is 29.1 Å². The Kier molecular flexibility index (Phi) is 3.09. The first-order valence-electron chi connectivity index (χ1n) is 8.84. The Morgan fingerprint density at radius 2 is 1.71 bits per heavy atom. The van der Waals surface area contributed by atoms with Gasteiger partial charge in [-0.15, -0.1) is 0 Å². The third-order valence-corrected chi connectivity index (χ3v) is 6.31. The van der Waals surface area contributed by atoms with Crippen molar-refractivity contribution in [3.8, 4) is 0 Å². The lowest BCUT2D eigenvalue weighted by atomic mass is 9.48. The van der Waals surface area contributed by atoms with Crippen molar-refractivity contribution in [1.82, 2.24) is 10.2 Å². The van der Waals surface area contributed by atoms with Crippen molar-refractivity contribution in [3.63, 3.8) is 0 Å². The highest BCUT2D eigenvalue weighted by Gasteiger charge is 2.51. The largest absolute Gasteiger partial charge is 0.382 e. The summed E-state index contributed by atoms with van der Waals surface area (Å²) in [7, 11) is 0. The highest BCUT2D eigenvalue weighted by molar-refractivity contribution is 5.42. The number of nitrogens with zero attached hydrogens (tertiary/aromatic N) is 1. The number of nitrogens with one attached hydrogen (secondary N) is 1. The van der Waals surface area contributed by atoms with E-state index in [0.717, 1.165) is 30.0 Å². The zero-order chi connectivity index (χ0) is 14.6. The maximum Gasteiger partial charge on any atom is 0.148 e. The van der Waals surface area contributed by atoms with Gasteiger partial charge >= 0.3 is 0 Å². The monoisotopic (exact) mass is 287 g/mol. The Balaban J connectivity index is 1.59. The van der Waals surface area contributed by atoms with Gasteiger partial charge in [0.1, 0.15) is 5.82 Å². The van der Waals surface area contributed by atoms with E-state index in [9.17, 15) is 0 Å². The maximum absolute atomic E-state index is 6.11. The fourth-order valence-corrected chi connectivity index (χ4v) is 6.08. The summed E-state index contributed by atoms with van der Waals surface area (Å²) in [5.41, 5.74) is 9.34. The summed E-state index contributed by atoms with van der Waals surface area (Å²) in [5.74, 6) is 4.43. The summed E-state index contributed by atoms with van der Waals surface area (Å²) < 4.78 is 0. The quantitative estimate of drug-likeness (QED) is 0.881. The van der Waals surface area contributed by atoms with E-state index in [2.05, 4.69) is 24.0 Å². The van der Waals surface area contributed by atoms with Gasteiger partial charge in [0.15, 0.2) is 0 Å². The van der Waals surface area contributed by atoms with Gasteiger partial charge in [-0.05, 0) is 80.5 Å². The average Bonchev–Trinajstić information content (AvgIpc) is 2.68. The molecule has 0 atom stereocenters. The summed E-state index contributed by atoms with van der Waals surface area (Å²) in [4.78, 5) is 0. The number of H-pyrrole nitrogens is 1. The molecule has 0 aliphatic heterocycles. The van der Waals surface area contributed by atoms with Crippen LogP contribution in [0.1, 0.15) is 63.6 Å². The van der Waals surface area contributed by atoms with Gasteiger partial charge in [-0.25, -0.2) is 0 Å². The van der Waals surface area contributed by atoms with E-state index >= 15 is 0 Å². The molecule has 5 rings (SSSR count). The molecule has 0 radical (unpaired) electrons. The Morgan fingerprint density at radius 1 is 1.14 bits per heavy atom. The number of nitrogen functional groups attached to an aromatic ring is 1. The molecule has 4 bridgehead atoms. The van der Waals surface area contributed by atoms with Crippen LogP contribution >= 0.6 is 0 Å². The van der Waals surface area contributed by atoms with Crippen molar-refractivity contribution in [3.05, 3.63) is 11.3 Å². The molecule has 0 aromatic carbocycles. The normalized spacial score (nSPS) is 37.6. The number of aromatic nitrogens is 2. The van der Waals surface area contributed by atoms with Crippen molar-refractivity contribution >= 4 is 5.82 Å². The van der Waals surface area contributed by atoms with Crippen LogP contribution in [0.2, 0.25) is 0 Å². The van der Waals surface area contributed by atoms with Crippen LogP contribution in [0.25, 0.3) is 0 Å². The number of aromatic amines is 1. The molecule has 21 heavy (non-hydrogen) atoms. The van der Waals surface area contributed by atoms with Gasteiger partial charge in [-0.2, -0.15) is 5.10 Å². The SMILES string of the molecule is CC(C)Cc1c(N)n[nH]c1CC12CC3CC(CC(C3)C1)C2. The van der Waals surface area contributed by atoms with Gasteiger partial charge in [-0.1, -0.05) is 13.8 Å². The minimum Gasteiger partial charge on any atom is -0.382 e. The summed E-state index contributed by atoms with van der Waals surface area (Å²) in [6.07, 6.45) is 11.2. The lowest BCUT2D eigenvalue weighted by Gasteiger charge is -2.57. The highest BCUT2D eigenvalue weighted by Crippen LogP contribution is 2.61. The average molecular weight is 287 g/mol. The molecule has 1 aromatic rings. The Morgan fingerprint density at radius 3 is 2.24 bits per heavy atom. The van der Waals surface area contributed by atoms with E-state index in [1.807, 2.05) is 0 Å². The van der Waals surface area contributed by atoms with E-state index in [0.29, 0.717) is 11.3 Å². The van der Waals surface area contributed by atoms with Gasteiger partial charge < -0.3 is 5.73 Å². The lowest BCUT2D eigenvalue weighted by molar-refractivity contribution is -0.0527. The Bertz CT molecular complexity index is 493. The predicted molar refractivity (Wildman–Crippen MR) is 85.9 cm³/mol. The van der Waals surface area contributed by atoms with Crippen LogP contribution in [0, 0.1) is 29.1 Å². The van der Waals surface area contributed by atoms with Crippen molar-refractivity contribution in [1.29, 1.82) is 0 Å². The maximum atomic E-state index is 6.11. The summed E-state index contributed by atoms with van der Waals surface area (Å²) in [6.45, 7) is 4.53. The van der Waals surface area contributed by atoms with Crippen molar-refractivity contribution < 1.29 is 0 Å². The van der Waals surface area contributed by atoms with Crippen LogP contribution in [-0.2, 0) is 12.8 Å². The molecule has 1 aromatic heterocycles. The summed E-state index contributed by atoms with van der Waals surface area (Å²) in [6, 6.07) is 0. The van der Waals surface area contributed by atoms with Crippen molar-refractivity contribution in [2.75, 3.05) is 5.73 Å². The van der Waals surface area contributed by atoms with Crippen molar-refractivity contribution in [2.45, 2.75) is 65.2 Å². The minimum absolute atomic E-state index is 0.569. The Labute approximate surface area is 128 Å². The molecular weight excluding hydrogens is 258 g/mol. The highest BCUT2D eigenvalue weighted by atomic mass is 15.2. The fourth-order valence-electron chi connectivity index (χ4n) is 6.08.